The summed E-state index contributed by atoms with van der Waals surface area (Å²) >= 11 is 0. The monoisotopic (exact) mass is 744 g/mol. The molecule has 2 aliphatic heterocycles. The number of rotatable bonds is 10. The summed E-state index contributed by atoms with van der Waals surface area (Å²) in [4.78, 5) is 0.749. The molecule has 0 amide bonds. The molecule has 0 saturated carbocycles. The van der Waals surface area contributed by atoms with Crippen molar-refractivity contribution in [1.29, 1.82) is 0 Å². The van der Waals surface area contributed by atoms with Gasteiger partial charge in [-0.15, -0.1) is 0 Å². The Labute approximate surface area is 312 Å². The zero-order valence-electron chi connectivity index (χ0n) is 31.1. The van der Waals surface area contributed by atoms with Crippen molar-refractivity contribution in [3.05, 3.63) is 131 Å². The average molecular weight is 745 g/mol. The van der Waals surface area contributed by atoms with E-state index in [1.165, 1.54) is 0 Å². The molecular weight excluding hydrogens is 689 g/mol. The van der Waals surface area contributed by atoms with Gasteiger partial charge in [0.2, 0.25) is 0 Å². The molecular formula is C44H56O6S2. The lowest BCUT2D eigenvalue weighted by atomic mass is 9.69. The SMILES string of the molecule is CCCC[C@]1(CC)CS(=O)(=O)c2ccccc2[C@@H](c2ccccc2)[C@H]1O.CCCC[C@]1(CC)CS(=O)(=O)c2ccccc2[C@H](c2ccccc2)[C@@H]1O. The lowest BCUT2D eigenvalue weighted by molar-refractivity contribution is 0.0173. The van der Waals surface area contributed by atoms with Crippen LogP contribution in [0.15, 0.2) is 119 Å². The molecule has 6 atom stereocenters. The Morgan fingerprint density at radius 1 is 0.519 bits per heavy atom. The van der Waals surface area contributed by atoms with Gasteiger partial charge in [0.1, 0.15) is 0 Å². The highest BCUT2D eigenvalue weighted by molar-refractivity contribution is 7.91. The van der Waals surface area contributed by atoms with E-state index in [0.717, 1.165) is 60.8 Å². The van der Waals surface area contributed by atoms with Gasteiger partial charge in [0.05, 0.1) is 33.5 Å². The predicted octanol–water partition coefficient (Wildman–Crippen LogP) is 9.11. The topological polar surface area (TPSA) is 109 Å². The Balaban J connectivity index is 0.000000201. The van der Waals surface area contributed by atoms with Crippen LogP contribution in [0.5, 0.6) is 0 Å². The van der Waals surface area contributed by atoms with Crippen LogP contribution < -0.4 is 0 Å². The highest BCUT2D eigenvalue weighted by atomic mass is 32.2. The third-order valence-electron chi connectivity index (χ3n) is 11.8. The summed E-state index contributed by atoms with van der Waals surface area (Å²) in [6.07, 6.45) is 5.05. The van der Waals surface area contributed by atoms with Gasteiger partial charge in [-0.2, -0.15) is 0 Å². The van der Waals surface area contributed by atoms with Crippen molar-refractivity contribution in [2.24, 2.45) is 10.8 Å². The van der Waals surface area contributed by atoms with Gasteiger partial charge in [-0.3, -0.25) is 0 Å². The van der Waals surface area contributed by atoms with Gasteiger partial charge in [0.25, 0.3) is 0 Å². The van der Waals surface area contributed by atoms with Crippen LogP contribution in [0, 0.1) is 10.8 Å². The van der Waals surface area contributed by atoms with E-state index >= 15 is 0 Å². The van der Waals surface area contributed by atoms with Crippen molar-refractivity contribution in [3.8, 4) is 0 Å². The van der Waals surface area contributed by atoms with Crippen LogP contribution in [0.3, 0.4) is 0 Å². The van der Waals surface area contributed by atoms with Crippen LogP contribution in [-0.2, 0) is 19.7 Å². The first kappa shape index (κ1) is 39.9. The number of fused-ring (bicyclic) bond motifs is 2. The van der Waals surface area contributed by atoms with Crippen LogP contribution in [0.2, 0.25) is 0 Å². The average Bonchev–Trinajstić information content (AvgIpc) is 3.28. The molecule has 6 nitrogen and oxygen atoms in total. The van der Waals surface area contributed by atoms with Gasteiger partial charge < -0.3 is 10.2 Å². The molecule has 0 radical (unpaired) electrons. The van der Waals surface area contributed by atoms with E-state index < -0.39 is 42.7 Å². The van der Waals surface area contributed by atoms with Crippen molar-refractivity contribution < 1.29 is 27.0 Å². The van der Waals surface area contributed by atoms with Gasteiger partial charge in [-0.05, 0) is 60.1 Å². The molecule has 2 aliphatic rings. The molecule has 0 spiro atoms. The summed E-state index contributed by atoms with van der Waals surface area (Å²) in [5.41, 5.74) is 2.12. The molecule has 0 aliphatic carbocycles. The smallest absolute Gasteiger partial charge is 0.179 e. The molecule has 6 rings (SSSR count). The van der Waals surface area contributed by atoms with Gasteiger partial charge >= 0.3 is 0 Å². The minimum Gasteiger partial charge on any atom is -0.392 e. The quantitative estimate of drug-likeness (QED) is 0.168. The first-order chi connectivity index (χ1) is 24.9. The maximum atomic E-state index is 13.2. The number of aliphatic hydroxyl groups is 2. The molecule has 0 unspecified atom stereocenters. The molecule has 2 N–H and O–H groups in total. The molecule has 0 saturated heterocycles. The summed E-state index contributed by atoms with van der Waals surface area (Å²) in [7, 11) is -6.92. The summed E-state index contributed by atoms with van der Waals surface area (Å²) in [5, 5.41) is 23.1. The lowest BCUT2D eigenvalue weighted by Crippen LogP contribution is -2.42. The van der Waals surface area contributed by atoms with E-state index in [1.54, 1.807) is 24.3 Å². The molecule has 280 valence electrons. The Bertz CT molecular complexity index is 1830. The molecule has 0 fully saturated rings. The number of unbranched alkanes of at least 4 members (excludes halogenated alkanes) is 2. The van der Waals surface area contributed by atoms with Gasteiger partial charge in [0, 0.05) is 22.7 Å². The van der Waals surface area contributed by atoms with E-state index in [0.29, 0.717) is 22.6 Å². The van der Waals surface area contributed by atoms with E-state index in [4.69, 9.17) is 0 Å². The fourth-order valence-electron chi connectivity index (χ4n) is 8.69. The highest BCUT2D eigenvalue weighted by Gasteiger charge is 2.50. The molecule has 0 bridgehead atoms. The molecule has 4 aromatic rings. The molecule has 0 aromatic heterocycles. The van der Waals surface area contributed by atoms with Crippen molar-refractivity contribution in [3.63, 3.8) is 0 Å². The van der Waals surface area contributed by atoms with Crippen LogP contribution >= 0.6 is 0 Å². The Morgan fingerprint density at radius 2 is 0.846 bits per heavy atom. The molecule has 4 aromatic carbocycles. The third-order valence-corrected chi connectivity index (χ3v) is 15.8. The van der Waals surface area contributed by atoms with E-state index in [2.05, 4.69) is 13.8 Å². The second-order valence-electron chi connectivity index (χ2n) is 14.9. The maximum absolute atomic E-state index is 13.2. The first-order valence-electron chi connectivity index (χ1n) is 19.0. The zero-order valence-corrected chi connectivity index (χ0v) is 32.7. The zero-order chi connectivity index (χ0) is 37.6. The summed E-state index contributed by atoms with van der Waals surface area (Å²) in [5.74, 6) is -0.640. The summed E-state index contributed by atoms with van der Waals surface area (Å²) < 4.78 is 53.0. The van der Waals surface area contributed by atoms with E-state index in [1.807, 2.05) is 98.8 Å². The van der Waals surface area contributed by atoms with E-state index in [9.17, 15) is 27.0 Å². The van der Waals surface area contributed by atoms with Crippen LogP contribution in [0.4, 0.5) is 0 Å². The van der Waals surface area contributed by atoms with E-state index in [-0.39, 0.29) is 23.3 Å². The normalized spacial score (nSPS) is 27.5. The Morgan fingerprint density at radius 3 is 1.17 bits per heavy atom. The van der Waals surface area contributed by atoms with Crippen LogP contribution in [-0.4, -0.2) is 50.8 Å². The Hall–Kier alpha value is -3.30. The first-order valence-corrected chi connectivity index (χ1v) is 22.3. The molecule has 2 heterocycles. The number of aliphatic hydroxyl groups excluding tert-OH is 2. The van der Waals surface area contributed by atoms with Gasteiger partial charge in [-0.1, -0.05) is 150 Å². The van der Waals surface area contributed by atoms with Crippen molar-refractivity contribution in [1.82, 2.24) is 0 Å². The molecule has 52 heavy (non-hydrogen) atoms. The predicted molar refractivity (Wildman–Crippen MR) is 210 cm³/mol. The minimum absolute atomic E-state index is 0.0119. The van der Waals surface area contributed by atoms with Crippen molar-refractivity contribution in [2.75, 3.05) is 11.5 Å². The lowest BCUT2D eigenvalue weighted by Gasteiger charge is -2.39. The molecule has 8 heteroatoms. The highest BCUT2D eigenvalue weighted by Crippen LogP contribution is 2.50. The number of benzene rings is 4. The van der Waals surface area contributed by atoms with Crippen molar-refractivity contribution in [2.45, 2.75) is 113 Å². The maximum Gasteiger partial charge on any atom is 0.179 e. The fourth-order valence-corrected chi connectivity index (χ4v) is 13.2. The number of hydrogen-bond donors (Lipinski definition) is 2. The summed E-state index contributed by atoms with van der Waals surface area (Å²) in [6, 6.07) is 34.0. The second-order valence-corrected chi connectivity index (χ2v) is 18.8. The number of sulfone groups is 2. The number of hydrogen-bond acceptors (Lipinski definition) is 6. The van der Waals surface area contributed by atoms with Crippen molar-refractivity contribution >= 4 is 19.7 Å². The minimum atomic E-state index is -3.46. The largest absolute Gasteiger partial charge is 0.392 e. The van der Waals surface area contributed by atoms with Crippen LogP contribution in [0.25, 0.3) is 0 Å². The van der Waals surface area contributed by atoms with Gasteiger partial charge in [-0.25, -0.2) is 16.8 Å². The van der Waals surface area contributed by atoms with Crippen LogP contribution in [0.1, 0.15) is 113 Å². The standard InChI is InChI=1S/2C22H28O3S/c2*1-3-5-15-22(4-2)16-26(24,25)19-14-10-9-13-18(19)20(21(22)23)17-11-7-6-8-12-17/h2*6-14,20-21,23H,3-5,15-16H2,1-2H3/t20-,21-,22+;20-,21-,22-/m01/s1. The third kappa shape index (κ3) is 7.96. The Kier molecular flexibility index (Phi) is 12.9. The van der Waals surface area contributed by atoms with Gasteiger partial charge in [0.15, 0.2) is 19.7 Å². The summed E-state index contributed by atoms with van der Waals surface area (Å²) in [6.45, 7) is 8.22. The second kappa shape index (κ2) is 16.8. The fraction of sp³-hybridized carbons (Fsp3) is 0.455.